The van der Waals surface area contributed by atoms with E-state index in [-0.39, 0.29) is 13.0 Å². The van der Waals surface area contributed by atoms with Gasteiger partial charge in [0.25, 0.3) is 0 Å². The molecule has 36 heavy (non-hydrogen) atoms. The van der Waals surface area contributed by atoms with Crippen LogP contribution in [0.2, 0.25) is 0 Å². The quantitative estimate of drug-likeness (QED) is 0.146. The van der Waals surface area contributed by atoms with Gasteiger partial charge in [0.1, 0.15) is 19.3 Å². The summed E-state index contributed by atoms with van der Waals surface area (Å²) in [6.07, 6.45) is 0.664. The van der Waals surface area contributed by atoms with Gasteiger partial charge in [-0.25, -0.2) is 14.9 Å². The molecule has 1 aromatic carbocycles. The summed E-state index contributed by atoms with van der Waals surface area (Å²) in [4.78, 5) is 35.5. The van der Waals surface area contributed by atoms with E-state index in [0.29, 0.717) is 22.7 Å². The predicted octanol–water partition coefficient (Wildman–Crippen LogP) is 4.68. The van der Waals surface area contributed by atoms with Crippen LogP contribution in [0.1, 0.15) is 52.4 Å². The van der Waals surface area contributed by atoms with Crippen LogP contribution in [0.5, 0.6) is 11.5 Å². The average molecular weight is 546 g/mol. The molecule has 3 atom stereocenters. The van der Waals surface area contributed by atoms with Gasteiger partial charge in [0, 0.05) is 23.8 Å². The molecule has 0 bridgehead atoms. The lowest BCUT2D eigenvalue weighted by Gasteiger charge is -2.20. The van der Waals surface area contributed by atoms with Gasteiger partial charge >= 0.3 is 18.2 Å². The molecule has 2 amide bonds. The fraction of sp³-hybridized carbons (Fsp3) is 0.625. The number of imide groups is 1. The number of hydrogen-bond donors (Lipinski definition) is 2. The smallest absolute Gasteiger partial charge is 0.419 e. The Morgan fingerprint density at radius 1 is 1.08 bits per heavy atom. The zero-order chi connectivity index (χ0) is 26.4. The zero-order valence-electron chi connectivity index (χ0n) is 20.9. The number of benzene rings is 1. The minimum atomic E-state index is -1.17. The molecular weight excluding hydrogens is 510 g/mol. The fourth-order valence-electron chi connectivity index (χ4n) is 3.31. The molecule has 0 radical (unpaired) electrons. The van der Waals surface area contributed by atoms with E-state index in [4.69, 9.17) is 23.7 Å². The van der Waals surface area contributed by atoms with Gasteiger partial charge in [-0.2, -0.15) is 0 Å². The van der Waals surface area contributed by atoms with Crippen LogP contribution in [0.3, 0.4) is 0 Å². The first-order chi connectivity index (χ1) is 17.2. The number of aliphatic hydroxyl groups excluding tert-OH is 1. The van der Waals surface area contributed by atoms with Gasteiger partial charge in [0.2, 0.25) is 6.29 Å². The number of aliphatic hydroxyl groups is 1. The largest absolute Gasteiger partial charge is 0.493 e. The van der Waals surface area contributed by atoms with Crippen LogP contribution in [-0.2, 0) is 19.0 Å². The standard InChI is InChI=1S/C24H35NO9S2/c1-17(33-21(27)11-5-4-8-12-24(2)13-14-35-36-24)34-23(29)25-22(28)32-16-18(26)15-31-20-10-7-6-9-19(20)30-3/h6-7,9-10,17-18,26H,4-5,8,11-16H2,1-3H3,(H,25,28,29)/t17?,18?,24-/m1/s1. The first kappa shape index (κ1) is 29.9. The summed E-state index contributed by atoms with van der Waals surface area (Å²) >= 11 is 0. The number of carbonyl (C=O) groups excluding carboxylic acids is 3. The molecule has 1 aliphatic heterocycles. The Labute approximate surface area is 219 Å². The number of carbonyl (C=O) groups is 3. The summed E-state index contributed by atoms with van der Waals surface area (Å²) in [5.74, 6) is 1.63. The summed E-state index contributed by atoms with van der Waals surface area (Å²) in [6, 6.07) is 6.88. The molecular formula is C24H35NO9S2. The molecule has 202 valence electrons. The minimum absolute atomic E-state index is 0.164. The Kier molecular flexibility index (Phi) is 13.1. The molecule has 0 aromatic heterocycles. The normalized spacial score (nSPS) is 18.6. The molecule has 10 nitrogen and oxygen atoms in total. The van der Waals surface area contributed by atoms with Crippen molar-refractivity contribution in [3.8, 4) is 11.5 Å². The summed E-state index contributed by atoms with van der Waals surface area (Å²) < 4.78 is 25.6. The van der Waals surface area contributed by atoms with Gasteiger partial charge in [-0.1, -0.05) is 46.6 Å². The van der Waals surface area contributed by atoms with E-state index in [0.717, 1.165) is 19.3 Å². The van der Waals surface area contributed by atoms with Gasteiger partial charge in [-0.05, 0) is 38.3 Å². The number of hydrogen-bond acceptors (Lipinski definition) is 11. The molecule has 2 N–H and O–H groups in total. The molecule has 1 heterocycles. The topological polar surface area (TPSA) is 130 Å². The molecule has 12 heteroatoms. The Balaban J connectivity index is 1.54. The maximum Gasteiger partial charge on any atom is 0.419 e. The maximum absolute atomic E-state index is 11.9. The molecule has 0 spiro atoms. The molecule has 2 rings (SSSR count). The Morgan fingerprint density at radius 2 is 1.83 bits per heavy atom. The van der Waals surface area contributed by atoms with Crippen LogP contribution >= 0.6 is 21.6 Å². The third-order valence-corrected chi connectivity index (χ3v) is 8.60. The molecule has 1 fully saturated rings. The van der Waals surface area contributed by atoms with Crippen molar-refractivity contribution in [1.29, 1.82) is 0 Å². The van der Waals surface area contributed by atoms with E-state index >= 15 is 0 Å². The second kappa shape index (κ2) is 15.7. The van der Waals surface area contributed by atoms with Gasteiger partial charge < -0.3 is 28.8 Å². The van der Waals surface area contributed by atoms with Crippen LogP contribution in [-0.4, -0.2) is 66.5 Å². The van der Waals surface area contributed by atoms with Crippen molar-refractivity contribution in [2.24, 2.45) is 0 Å². The lowest BCUT2D eigenvalue weighted by molar-refractivity contribution is -0.164. The summed E-state index contributed by atoms with van der Waals surface area (Å²) in [5.41, 5.74) is 0. The molecule has 0 aliphatic carbocycles. The zero-order valence-corrected chi connectivity index (χ0v) is 22.5. The number of esters is 1. The molecule has 0 saturated carbocycles. The van der Waals surface area contributed by atoms with Crippen LogP contribution in [0.4, 0.5) is 9.59 Å². The van der Waals surface area contributed by atoms with Crippen molar-refractivity contribution >= 4 is 39.7 Å². The number of methoxy groups -OCH3 is 1. The highest BCUT2D eigenvalue weighted by molar-refractivity contribution is 8.77. The second-order valence-electron chi connectivity index (χ2n) is 8.47. The van der Waals surface area contributed by atoms with Gasteiger partial charge in [-0.15, -0.1) is 0 Å². The summed E-state index contributed by atoms with van der Waals surface area (Å²) in [6.45, 7) is 3.07. The lowest BCUT2D eigenvalue weighted by Crippen LogP contribution is -2.36. The number of para-hydroxylation sites is 2. The third kappa shape index (κ3) is 11.6. The van der Waals surface area contributed by atoms with Gasteiger partial charge in [0.05, 0.1) is 7.11 Å². The maximum atomic E-state index is 11.9. The molecule has 1 saturated heterocycles. The van der Waals surface area contributed by atoms with E-state index in [2.05, 4.69) is 6.92 Å². The summed E-state index contributed by atoms with van der Waals surface area (Å²) in [7, 11) is 5.36. The van der Waals surface area contributed by atoms with E-state index in [1.54, 1.807) is 24.3 Å². The number of ether oxygens (including phenoxy) is 5. The number of amides is 2. The highest BCUT2D eigenvalue weighted by Gasteiger charge is 2.29. The fourth-order valence-corrected chi connectivity index (χ4v) is 6.60. The molecule has 2 unspecified atom stereocenters. The van der Waals surface area contributed by atoms with Crippen molar-refractivity contribution in [1.82, 2.24) is 5.32 Å². The van der Waals surface area contributed by atoms with Gasteiger partial charge in [-0.3, -0.25) is 4.79 Å². The first-order valence-electron chi connectivity index (χ1n) is 11.8. The average Bonchev–Trinajstić information content (AvgIpc) is 3.27. The van der Waals surface area contributed by atoms with Crippen LogP contribution < -0.4 is 14.8 Å². The van der Waals surface area contributed by atoms with E-state index in [1.165, 1.54) is 26.2 Å². The van der Waals surface area contributed by atoms with Crippen molar-refractivity contribution in [2.45, 2.75) is 69.5 Å². The molecule has 1 aromatic rings. The number of unbranched alkanes of at least 4 members (excludes halogenated alkanes) is 2. The monoisotopic (exact) mass is 545 g/mol. The first-order valence-corrected chi connectivity index (χ1v) is 14.1. The van der Waals surface area contributed by atoms with Crippen LogP contribution in [0.25, 0.3) is 0 Å². The highest BCUT2D eigenvalue weighted by atomic mass is 33.1. The predicted molar refractivity (Wildman–Crippen MR) is 137 cm³/mol. The Morgan fingerprint density at radius 3 is 2.53 bits per heavy atom. The van der Waals surface area contributed by atoms with E-state index in [9.17, 15) is 19.5 Å². The molecule has 1 aliphatic rings. The van der Waals surface area contributed by atoms with Crippen molar-refractivity contribution in [2.75, 3.05) is 26.1 Å². The van der Waals surface area contributed by atoms with Crippen LogP contribution in [0, 0.1) is 0 Å². The number of rotatable bonds is 14. The third-order valence-electron chi connectivity index (χ3n) is 5.24. The van der Waals surface area contributed by atoms with Crippen molar-refractivity contribution in [3.05, 3.63) is 24.3 Å². The minimum Gasteiger partial charge on any atom is -0.493 e. The number of nitrogens with one attached hydrogen (secondary N) is 1. The van der Waals surface area contributed by atoms with Crippen LogP contribution in [0.15, 0.2) is 24.3 Å². The van der Waals surface area contributed by atoms with Crippen molar-refractivity contribution < 1.29 is 43.2 Å². The Bertz CT molecular complexity index is 849. The summed E-state index contributed by atoms with van der Waals surface area (Å²) in [5, 5.41) is 11.8. The highest BCUT2D eigenvalue weighted by Crippen LogP contribution is 2.49. The Hall–Kier alpha value is -2.31. The van der Waals surface area contributed by atoms with E-state index in [1.807, 2.05) is 26.9 Å². The SMILES string of the molecule is COc1ccccc1OCC(O)COC(=O)NC(=O)OC(C)OC(=O)CCCCC[C@]1(C)CCSS1. The van der Waals surface area contributed by atoms with E-state index < -0.39 is 37.2 Å². The number of alkyl carbamates (subject to hydrolysis) is 2. The van der Waals surface area contributed by atoms with Gasteiger partial charge in [0.15, 0.2) is 11.5 Å². The lowest BCUT2D eigenvalue weighted by atomic mass is 9.99. The van der Waals surface area contributed by atoms with Crippen molar-refractivity contribution in [3.63, 3.8) is 0 Å². The second-order valence-corrected chi connectivity index (χ2v) is 11.5.